The van der Waals surface area contributed by atoms with Crippen molar-refractivity contribution in [3.05, 3.63) is 84.4 Å². The van der Waals surface area contributed by atoms with Crippen molar-refractivity contribution in [3.8, 4) is 17.2 Å². The molecule has 184 valence electrons. The standard InChI is InChI=1S/C26H29N3O5S/c1-4-18-33-23-14-10-21(11-15-23)19-27-28-26(30)20(2)29(35(3,31)32)22-12-16-25(17-13-22)34-24-8-6-5-7-9-24/h5-17,19-20H,4,18H2,1-3H3,(H,28,30)/b27-19-/t20-/m1/s1. The Morgan fingerprint density at radius 2 is 1.57 bits per heavy atom. The number of hydrazone groups is 1. The molecule has 9 heteroatoms. The smallest absolute Gasteiger partial charge is 0.263 e. The molecular weight excluding hydrogens is 466 g/mol. The van der Waals surface area contributed by atoms with Gasteiger partial charge in [-0.1, -0.05) is 25.1 Å². The maximum absolute atomic E-state index is 12.7. The van der Waals surface area contributed by atoms with Crippen molar-refractivity contribution in [1.29, 1.82) is 0 Å². The number of amides is 1. The first-order valence-corrected chi connectivity index (χ1v) is 13.0. The first-order valence-electron chi connectivity index (χ1n) is 11.2. The molecular formula is C26H29N3O5S. The van der Waals surface area contributed by atoms with Crippen LogP contribution in [-0.2, 0) is 14.8 Å². The molecule has 0 aromatic heterocycles. The van der Waals surface area contributed by atoms with Gasteiger partial charge in [-0.2, -0.15) is 5.10 Å². The van der Waals surface area contributed by atoms with E-state index in [4.69, 9.17) is 9.47 Å². The molecule has 0 unspecified atom stereocenters. The van der Waals surface area contributed by atoms with Crippen molar-refractivity contribution in [2.75, 3.05) is 17.2 Å². The number of ether oxygens (including phenoxy) is 2. The van der Waals surface area contributed by atoms with Gasteiger partial charge in [0.05, 0.1) is 24.8 Å². The molecule has 0 radical (unpaired) electrons. The second kappa shape index (κ2) is 12.0. The monoisotopic (exact) mass is 495 g/mol. The normalized spacial score (nSPS) is 12.2. The van der Waals surface area contributed by atoms with E-state index in [9.17, 15) is 13.2 Å². The molecule has 1 N–H and O–H groups in total. The number of carbonyl (C=O) groups is 1. The third-order valence-corrected chi connectivity index (χ3v) is 6.14. The number of hydrogen-bond donors (Lipinski definition) is 1. The van der Waals surface area contributed by atoms with E-state index in [1.807, 2.05) is 61.5 Å². The van der Waals surface area contributed by atoms with Crippen LogP contribution in [0.15, 0.2) is 84.0 Å². The van der Waals surface area contributed by atoms with Crippen LogP contribution in [0, 0.1) is 0 Å². The van der Waals surface area contributed by atoms with E-state index >= 15 is 0 Å². The highest BCUT2D eigenvalue weighted by Gasteiger charge is 2.29. The summed E-state index contributed by atoms with van der Waals surface area (Å²) in [5.41, 5.74) is 3.51. The highest BCUT2D eigenvalue weighted by Crippen LogP contribution is 2.27. The molecule has 3 aromatic carbocycles. The summed E-state index contributed by atoms with van der Waals surface area (Å²) >= 11 is 0. The number of rotatable bonds is 11. The lowest BCUT2D eigenvalue weighted by molar-refractivity contribution is -0.121. The summed E-state index contributed by atoms with van der Waals surface area (Å²) in [6.07, 6.45) is 3.45. The van der Waals surface area contributed by atoms with Gasteiger partial charge in [0.1, 0.15) is 23.3 Å². The zero-order valence-corrected chi connectivity index (χ0v) is 20.7. The van der Waals surface area contributed by atoms with Crippen molar-refractivity contribution < 1.29 is 22.7 Å². The molecule has 0 bridgehead atoms. The Bertz CT molecular complexity index is 1230. The Kier molecular flexibility index (Phi) is 8.86. The lowest BCUT2D eigenvalue weighted by Crippen LogP contribution is -2.46. The maximum atomic E-state index is 12.7. The Morgan fingerprint density at radius 1 is 0.971 bits per heavy atom. The fraction of sp³-hybridized carbons (Fsp3) is 0.231. The van der Waals surface area contributed by atoms with E-state index in [1.165, 1.54) is 13.1 Å². The Labute approximate surface area is 206 Å². The summed E-state index contributed by atoms with van der Waals surface area (Å²) in [5, 5.41) is 3.97. The molecule has 3 rings (SSSR count). The quantitative estimate of drug-likeness (QED) is 0.310. The van der Waals surface area contributed by atoms with E-state index in [2.05, 4.69) is 10.5 Å². The topological polar surface area (TPSA) is 97.3 Å². The Balaban J connectivity index is 1.66. The van der Waals surface area contributed by atoms with Gasteiger partial charge in [0.15, 0.2) is 0 Å². The zero-order valence-electron chi connectivity index (χ0n) is 19.9. The number of benzene rings is 3. The SMILES string of the molecule is CCCOc1ccc(/C=N\NC(=O)[C@@H](C)N(c2ccc(Oc3ccccc3)cc2)S(C)(=O)=O)cc1. The van der Waals surface area contributed by atoms with Crippen LogP contribution in [0.4, 0.5) is 5.69 Å². The molecule has 1 amide bonds. The zero-order chi connectivity index (χ0) is 25.3. The minimum atomic E-state index is -3.76. The minimum absolute atomic E-state index is 0.335. The van der Waals surface area contributed by atoms with Crippen LogP contribution in [0.3, 0.4) is 0 Å². The summed E-state index contributed by atoms with van der Waals surface area (Å²) in [4.78, 5) is 12.7. The van der Waals surface area contributed by atoms with Gasteiger partial charge in [-0.25, -0.2) is 13.8 Å². The van der Waals surface area contributed by atoms with Crippen LogP contribution < -0.4 is 19.2 Å². The van der Waals surface area contributed by atoms with E-state index < -0.39 is 22.0 Å². The largest absolute Gasteiger partial charge is 0.494 e. The first kappa shape index (κ1) is 25.8. The number of carbonyl (C=O) groups excluding carboxylic acids is 1. The number of para-hydroxylation sites is 1. The average Bonchev–Trinajstić information content (AvgIpc) is 2.84. The summed E-state index contributed by atoms with van der Waals surface area (Å²) in [5.74, 6) is 1.39. The second-order valence-corrected chi connectivity index (χ2v) is 9.65. The van der Waals surface area contributed by atoms with Crippen molar-refractivity contribution >= 4 is 27.8 Å². The third kappa shape index (κ3) is 7.58. The number of sulfonamides is 1. The molecule has 0 heterocycles. The average molecular weight is 496 g/mol. The van der Waals surface area contributed by atoms with Gasteiger partial charge in [0.25, 0.3) is 5.91 Å². The molecule has 0 aliphatic carbocycles. The summed E-state index contributed by atoms with van der Waals surface area (Å²) in [7, 11) is -3.76. The molecule has 0 saturated carbocycles. The van der Waals surface area contributed by atoms with E-state index in [-0.39, 0.29) is 0 Å². The number of nitrogens with one attached hydrogen (secondary N) is 1. The summed E-state index contributed by atoms with van der Waals surface area (Å²) in [6.45, 7) is 4.17. The molecule has 35 heavy (non-hydrogen) atoms. The minimum Gasteiger partial charge on any atom is -0.494 e. The molecule has 8 nitrogen and oxygen atoms in total. The van der Waals surface area contributed by atoms with Crippen LogP contribution in [-0.4, -0.2) is 39.4 Å². The lowest BCUT2D eigenvalue weighted by atomic mass is 10.2. The summed E-state index contributed by atoms with van der Waals surface area (Å²) < 4.78 is 37.4. The molecule has 3 aromatic rings. The van der Waals surface area contributed by atoms with Crippen LogP contribution in [0.2, 0.25) is 0 Å². The van der Waals surface area contributed by atoms with Gasteiger partial charge >= 0.3 is 0 Å². The van der Waals surface area contributed by atoms with E-state index in [0.29, 0.717) is 23.8 Å². The number of anilines is 1. The fourth-order valence-corrected chi connectivity index (χ4v) is 4.40. The predicted octanol–water partition coefficient (Wildman–Crippen LogP) is 4.57. The molecule has 1 atom stereocenters. The number of nitrogens with zero attached hydrogens (tertiary/aromatic N) is 2. The van der Waals surface area contributed by atoms with Crippen LogP contribution in [0.1, 0.15) is 25.8 Å². The first-order chi connectivity index (χ1) is 16.8. The van der Waals surface area contributed by atoms with E-state index in [0.717, 1.165) is 28.3 Å². The fourth-order valence-electron chi connectivity index (χ4n) is 3.23. The third-order valence-electron chi connectivity index (χ3n) is 4.90. The van der Waals surface area contributed by atoms with Crippen LogP contribution in [0.25, 0.3) is 0 Å². The van der Waals surface area contributed by atoms with Gasteiger partial charge in [-0.3, -0.25) is 9.10 Å². The lowest BCUT2D eigenvalue weighted by Gasteiger charge is -2.27. The highest BCUT2D eigenvalue weighted by atomic mass is 32.2. The van der Waals surface area contributed by atoms with Crippen LogP contribution >= 0.6 is 0 Å². The highest BCUT2D eigenvalue weighted by molar-refractivity contribution is 7.92. The van der Waals surface area contributed by atoms with Crippen LogP contribution in [0.5, 0.6) is 17.2 Å². The molecule has 0 aliphatic rings. The molecule has 0 aliphatic heterocycles. The van der Waals surface area contributed by atoms with Gasteiger partial charge < -0.3 is 9.47 Å². The van der Waals surface area contributed by atoms with Crippen molar-refractivity contribution in [3.63, 3.8) is 0 Å². The van der Waals surface area contributed by atoms with Gasteiger partial charge in [0.2, 0.25) is 10.0 Å². The summed E-state index contributed by atoms with van der Waals surface area (Å²) in [6, 6.07) is 21.9. The van der Waals surface area contributed by atoms with E-state index in [1.54, 1.807) is 24.3 Å². The molecule has 0 fully saturated rings. The predicted molar refractivity (Wildman–Crippen MR) is 138 cm³/mol. The van der Waals surface area contributed by atoms with Gasteiger partial charge in [-0.05, 0) is 79.6 Å². The Morgan fingerprint density at radius 3 is 2.17 bits per heavy atom. The van der Waals surface area contributed by atoms with Gasteiger partial charge in [0, 0.05) is 0 Å². The number of hydrogen-bond acceptors (Lipinski definition) is 6. The van der Waals surface area contributed by atoms with Gasteiger partial charge in [-0.15, -0.1) is 0 Å². The maximum Gasteiger partial charge on any atom is 0.263 e. The van der Waals surface area contributed by atoms with Crippen molar-refractivity contribution in [2.45, 2.75) is 26.3 Å². The Hall–Kier alpha value is -3.85. The molecule has 0 saturated heterocycles. The van der Waals surface area contributed by atoms with Crippen molar-refractivity contribution in [2.24, 2.45) is 5.10 Å². The second-order valence-electron chi connectivity index (χ2n) is 7.80. The molecule has 0 spiro atoms. The van der Waals surface area contributed by atoms with Crippen molar-refractivity contribution in [1.82, 2.24) is 5.43 Å².